The van der Waals surface area contributed by atoms with Gasteiger partial charge in [-0.2, -0.15) is 4.31 Å². The SMILES string of the molecule is CCN(CC)S(=O)(=O)c1ccc(NC(=O)c2cc3c(F)cccc3s2)cc1. The molecule has 0 aliphatic carbocycles. The number of hydrogen-bond acceptors (Lipinski definition) is 4. The number of nitrogens with zero attached hydrogens (tertiary/aromatic N) is 1. The lowest BCUT2D eigenvalue weighted by Gasteiger charge is -2.18. The molecule has 1 N–H and O–H groups in total. The fourth-order valence-corrected chi connectivity index (χ4v) is 5.18. The molecule has 0 aliphatic rings. The van der Waals surface area contributed by atoms with E-state index in [2.05, 4.69) is 5.32 Å². The van der Waals surface area contributed by atoms with Gasteiger partial charge in [-0.05, 0) is 42.5 Å². The Bertz CT molecular complexity index is 1070. The molecule has 0 unspecified atom stereocenters. The number of carbonyl (C=O) groups excluding carboxylic acids is 1. The maximum atomic E-state index is 13.8. The average Bonchev–Trinajstić information content (AvgIpc) is 3.09. The highest BCUT2D eigenvalue weighted by Gasteiger charge is 2.21. The molecule has 0 atom stereocenters. The number of halogens is 1. The van der Waals surface area contributed by atoms with Crippen molar-refractivity contribution in [3.63, 3.8) is 0 Å². The molecule has 0 saturated carbocycles. The van der Waals surface area contributed by atoms with Gasteiger partial charge in [0.25, 0.3) is 5.91 Å². The molecule has 0 saturated heterocycles. The molecule has 142 valence electrons. The van der Waals surface area contributed by atoms with E-state index in [-0.39, 0.29) is 16.6 Å². The van der Waals surface area contributed by atoms with Crippen LogP contribution in [0.1, 0.15) is 23.5 Å². The maximum Gasteiger partial charge on any atom is 0.265 e. The summed E-state index contributed by atoms with van der Waals surface area (Å²) in [4.78, 5) is 13.0. The van der Waals surface area contributed by atoms with Gasteiger partial charge in [0.2, 0.25) is 10.0 Å². The lowest BCUT2D eigenvalue weighted by Crippen LogP contribution is -2.30. The Morgan fingerprint density at radius 1 is 1.11 bits per heavy atom. The van der Waals surface area contributed by atoms with Crippen molar-refractivity contribution in [2.24, 2.45) is 0 Å². The summed E-state index contributed by atoms with van der Waals surface area (Å²) in [5.74, 6) is -0.733. The van der Waals surface area contributed by atoms with Gasteiger partial charge >= 0.3 is 0 Å². The van der Waals surface area contributed by atoms with Crippen molar-refractivity contribution < 1.29 is 17.6 Å². The number of carbonyl (C=O) groups is 1. The zero-order valence-electron chi connectivity index (χ0n) is 14.9. The highest BCUT2D eigenvalue weighted by molar-refractivity contribution is 7.89. The van der Waals surface area contributed by atoms with Gasteiger partial charge in [0.15, 0.2) is 0 Å². The average molecular weight is 407 g/mol. The summed E-state index contributed by atoms with van der Waals surface area (Å²) >= 11 is 1.20. The Balaban J connectivity index is 1.79. The number of hydrogen-bond donors (Lipinski definition) is 1. The zero-order valence-corrected chi connectivity index (χ0v) is 16.5. The van der Waals surface area contributed by atoms with Crippen molar-refractivity contribution in [1.82, 2.24) is 4.31 Å². The van der Waals surface area contributed by atoms with Crippen LogP contribution in [0.2, 0.25) is 0 Å². The van der Waals surface area contributed by atoms with Crippen LogP contribution < -0.4 is 5.32 Å². The minimum atomic E-state index is -3.54. The highest BCUT2D eigenvalue weighted by atomic mass is 32.2. The van der Waals surface area contributed by atoms with Crippen LogP contribution in [0, 0.1) is 5.82 Å². The minimum Gasteiger partial charge on any atom is -0.321 e. The van der Waals surface area contributed by atoms with Crippen molar-refractivity contribution in [3.8, 4) is 0 Å². The fraction of sp³-hybridized carbons (Fsp3) is 0.211. The molecule has 0 fully saturated rings. The Hall–Kier alpha value is -2.29. The topological polar surface area (TPSA) is 66.5 Å². The van der Waals surface area contributed by atoms with Gasteiger partial charge in [-0.15, -0.1) is 11.3 Å². The predicted octanol–water partition coefficient (Wildman–Crippen LogP) is 4.32. The molecule has 1 aromatic heterocycles. The van der Waals surface area contributed by atoms with Crippen molar-refractivity contribution in [2.45, 2.75) is 18.7 Å². The van der Waals surface area contributed by atoms with Crippen LogP contribution in [0.4, 0.5) is 10.1 Å². The number of sulfonamides is 1. The molecular formula is C19H19FN2O3S2. The minimum absolute atomic E-state index is 0.174. The quantitative estimate of drug-likeness (QED) is 0.663. The lowest BCUT2D eigenvalue weighted by molar-refractivity contribution is 0.103. The monoisotopic (exact) mass is 406 g/mol. The van der Waals surface area contributed by atoms with Gasteiger partial charge in [0.1, 0.15) is 5.82 Å². The molecule has 5 nitrogen and oxygen atoms in total. The summed E-state index contributed by atoms with van der Waals surface area (Å²) < 4.78 is 40.8. The van der Waals surface area contributed by atoms with E-state index >= 15 is 0 Å². The summed E-state index contributed by atoms with van der Waals surface area (Å²) in [7, 11) is -3.54. The molecule has 1 heterocycles. The molecular weight excluding hydrogens is 387 g/mol. The molecule has 3 rings (SSSR count). The van der Waals surface area contributed by atoms with Gasteiger partial charge in [-0.1, -0.05) is 19.9 Å². The summed E-state index contributed by atoms with van der Waals surface area (Å²) in [6, 6.07) is 12.2. The second kappa shape index (κ2) is 7.75. The second-order valence-corrected chi connectivity index (χ2v) is 8.85. The number of benzene rings is 2. The first-order valence-corrected chi connectivity index (χ1v) is 10.7. The summed E-state index contributed by atoms with van der Waals surface area (Å²) in [6.45, 7) is 4.34. The number of anilines is 1. The van der Waals surface area contributed by atoms with Crippen LogP contribution in [0.5, 0.6) is 0 Å². The molecule has 0 spiro atoms. The zero-order chi connectivity index (χ0) is 19.6. The maximum absolute atomic E-state index is 13.8. The Kier molecular flexibility index (Phi) is 5.59. The van der Waals surface area contributed by atoms with E-state index < -0.39 is 10.0 Å². The predicted molar refractivity (Wildman–Crippen MR) is 106 cm³/mol. The van der Waals surface area contributed by atoms with Crippen LogP contribution in [0.25, 0.3) is 10.1 Å². The number of nitrogens with one attached hydrogen (secondary N) is 1. The third kappa shape index (κ3) is 3.87. The van der Waals surface area contributed by atoms with Crippen molar-refractivity contribution >= 4 is 43.0 Å². The van der Waals surface area contributed by atoms with E-state index in [1.165, 1.54) is 39.9 Å². The molecule has 2 aromatic carbocycles. The van der Waals surface area contributed by atoms with Crippen LogP contribution in [-0.2, 0) is 10.0 Å². The van der Waals surface area contributed by atoms with Gasteiger partial charge in [0, 0.05) is 28.9 Å². The van der Waals surface area contributed by atoms with Crippen LogP contribution in [-0.4, -0.2) is 31.7 Å². The van der Waals surface area contributed by atoms with E-state index in [0.29, 0.717) is 33.7 Å². The lowest BCUT2D eigenvalue weighted by atomic mass is 10.2. The third-order valence-corrected chi connectivity index (χ3v) is 7.35. The first-order chi connectivity index (χ1) is 12.9. The Morgan fingerprint density at radius 3 is 2.37 bits per heavy atom. The number of fused-ring (bicyclic) bond motifs is 1. The third-order valence-electron chi connectivity index (χ3n) is 4.19. The van der Waals surface area contributed by atoms with Crippen molar-refractivity contribution in [1.29, 1.82) is 0 Å². The van der Waals surface area contributed by atoms with E-state index in [1.807, 2.05) is 0 Å². The van der Waals surface area contributed by atoms with Crippen molar-refractivity contribution in [2.75, 3.05) is 18.4 Å². The summed E-state index contributed by atoms with van der Waals surface area (Å²) in [5.41, 5.74) is 0.469. The van der Waals surface area contributed by atoms with Gasteiger partial charge in [-0.3, -0.25) is 4.79 Å². The van der Waals surface area contributed by atoms with Crippen molar-refractivity contribution in [3.05, 3.63) is 59.2 Å². The molecule has 0 aliphatic heterocycles. The normalized spacial score (nSPS) is 11.9. The smallest absolute Gasteiger partial charge is 0.265 e. The van der Waals surface area contributed by atoms with Gasteiger partial charge in [-0.25, -0.2) is 12.8 Å². The Labute approximate surface area is 161 Å². The number of thiophene rings is 1. The standard InChI is InChI=1S/C19H19FN2O3S2/c1-3-22(4-2)27(24,25)14-10-8-13(9-11-14)21-19(23)18-12-15-16(20)6-5-7-17(15)26-18/h5-12H,3-4H2,1-2H3,(H,21,23). The second-order valence-electron chi connectivity index (χ2n) is 5.83. The van der Waals surface area contributed by atoms with Crippen LogP contribution in [0.3, 0.4) is 0 Å². The molecule has 1 amide bonds. The Morgan fingerprint density at radius 2 is 1.78 bits per heavy atom. The van der Waals surface area contributed by atoms with Gasteiger partial charge in [0.05, 0.1) is 9.77 Å². The molecule has 3 aromatic rings. The highest BCUT2D eigenvalue weighted by Crippen LogP contribution is 2.28. The first-order valence-electron chi connectivity index (χ1n) is 8.46. The fourth-order valence-electron chi connectivity index (χ4n) is 2.75. The molecule has 0 radical (unpaired) electrons. The summed E-state index contributed by atoms with van der Waals surface area (Å²) in [6.07, 6.45) is 0. The number of rotatable bonds is 6. The van der Waals surface area contributed by atoms with E-state index in [0.717, 1.165) is 0 Å². The number of amides is 1. The first kappa shape index (κ1) is 19.5. The molecule has 27 heavy (non-hydrogen) atoms. The van der Waals surface area contributed by atoms with E-state index in [1.54, 1.807) is 38.1 Å². The van der Waals surface area contributed by atoms with Gasteiger partial charge < -0.3 is 5.32 Å². The molecule has 8 heteroatoms. The largest absolute Gasteiger partial charge is 0.321 e. The molecule has 0 bridgehead atoms. The van der Waals surface area contributed by atoms with E-state index in [9.17, 15) is 17.6 Å². The van der Waals surface area contributed by atoms with Crippen LogP contribution in [0.15, 0.2) is 53.4 Å². The van der Waals surface area contributed by atoms with Crippen LogP contribution >= 0.6 is 11.3 Å². The van der Waals surface area contributed by atoms with E-state index in [4.69, 9.17) is 0 Å². The summed E-state index contributed by atoms with van der Waals surface area (Å²) in [5, 5.41) is 3.13.